The summed E-state index contributed by atoms with van der Waals surface area (Å²) < 4.78 is 0. The van der Waals surface area contributed by atoms with E-state index in [0.717, 1.165) is 11.3 Å². The molecule has 0 aromatic heterocycles. The Bertz CT molecular complexity index is 203. The van der Waals surface area contributed by atoms with E-state index in [9.17, 15) is 4.79 Å². The average Bonchev–Trinajstić information content (AvgIpc) is 1.98. The van der Waals surface area contributed by atoms with Crippen LogP contribution in [0.3, 0.4) is 0 Å². The van der Waals surface area contributed by atoms with E-state index in [1.165, 1.54) is 0 Å². The molecule has 1 amide bonds. The summed E-state index contributed by atoms with van der Waals surface area (Å²) >= 11 is 0. The van der Waals surface area contributed by atoms with Crippen molar-refractivity contribution < 1.29 is 4.79 Å². The second-order valence-electron chi connectivity index (χ2n) is 2.28. The molecule has 0 bridgehead atoms. The van der Waals surface area contributed by atoms with Gasteiger partial charge in [0.2, 0.25) is 0 Å². The van der Waals surface area contributed by atoms with Crippen molar-refractivity contribution in [2.45, 2.75) is 13.8 Å². The third-order valence-corrected chi connectivity index (χ3v) is 1.64. The molecule has 1 rings (SSSR count). The number of nitrogens with zero attached hydrogens (tertiary/aromatic N) is 1. The fourth-order valence-electron chi connectivity index (χ4n) is 0.796. The number of amides is 1. The van der Waals surface area contributed by atoms with Crippen LogP contribution in [-0.4, -0.2) is 11.6 Å². The fraction of sp³-hybridized carbons (Fsp3) is 0.429. The normalized spacial score (nSPS) is 26.9. The standard InChI is InChI=1S/C7H9NO/c1-4-5(2)7(9)8-6(4)3/h5H,1H2,2-3H3. The van der Waals surface area contributed by atoms with Crippen molar-refractivity contribution >= 4 is 11.6 Å². The zero-order valence-corrected chi connectivity index (χ0v) is 5.64. The Morgan fingerprint density at radius 1 is 1.67 bits per heavy atom. The highest BCUT2D eigenvalue weighted by atomic mass is 16.1. The minimum Gasteiger partial charge on any atom is -0.272 e. The molecule has 0 aromatic rings. The van der Waals surface area contributed by atoms with Crippen LogP contribution >= 0.6 is 0 Å². The summed E-state index contributed by atoms with van der Waals surface area (Å²) in [4.78, 5) is 14.5. The van der Waals surface area contributed by atoms with Gasteiger partial charge in [0.05, 0.1) is 5.92 Å². The SMILES string of the molecule is C=C1C(C)=NC(=O)C1C. The molecular formula is C7H9NO. The van der Waals surface area contributed by atoms with Gasteiger partial charge in [-0.1, -0.05) is 6.58 Å². The maximum atomic E-state index is 10.7. The molecular weight excluding hydrogens is 114 g/mol. The Kier molecular flexibility index (Phi) is 1.24. The Morgan fingerprint density at radius 2 is 2.22 bits per heavy atom. The van der Waals surface area contributed by atoms with Crippen molar-refractivity contribution in [2.75, 3.05) is 0 Å². The average molecular weight is 123 g/mol. The van der Waals surface area contributed by atoms with Gasteiger partial charge in [0.25, 0.3) is 5.91 Å². The molecule has 0 saturated heterocycles. The summed E-state index contributed by atoms with van der Waals surface area (Å²) in [6.07, 6.45) is 0. The third-order valence-electron chi connectivity index (χ3n) is 1.64. The molecule has 0 N–H and O–H groups in total. The van der Waals surface area contributed by atoms with Gasteiger partial charge in [-0.2, -0.15) is 0 Å². The van der Waals surface area contributed by atoms with Crippen molar-refractivity contribution in [1.29, 1.82) is 0 Å². The van der Waals surface area contributed by atoms with Gasteiger partial charge in [0.1, 0.15) is 0 Å². The summed E-state index contributed by atoms with van der Waals surface area (Å²) in [5.41, 5.74) is 1.65. The molecule has 1 heterocycles. The van der Waals surface area contributed by atoms with E-state index in [4.69, 9.17) is 0 Å². The van der Waals surface area contributed by atoms with Gasteiger partial charge in [-0.3, -0.25) is 4.79 Å². The summed E-state index contributed by atoms with van der Waals surface area (Å²) in [7, 11) is 0. The number of carbonyl (C=O) groups excluding carboxylic acids is 1. The molecule has 0 fully saturated rings. The van der Waals surface area contributed by atoms with Crippen LogP contribution < -0.4 is 0 Å². The van der Waals surface area contributed by atoms with Gasteiger partial charge in [0.15, 0.2) is 0 Å². The molecule has 2 heteroatoms. The summed E-state index contributed by atoms with van der Waals surface area (Å²) in [6.45, 7) is 7.35. The molecule has 2 nitrogen and oxygen atoms in total. The molecule has 1 unspecified atom stereocenters. The van der Waals surface area contributed by atoms with Crippen LogP contribution in [0.4, 0.5) is 0 Å². The zero-order chi connectivity index (χ0) is 7.02. The van der Waals surface area contributed by atoms with E-state index in [-0.39, 0.29) is 11.8 Å². The second-order valence-corrected chi connectivity index (χ2v) is 2.28. The van der Waals surface area contributed by atoms with Crippen LogP contribution in [0, 0.1) is 5.92 Å². The maximum absolute atomic E-state index is 10.7. The van der Waals surface area contributed by atoms with Crippen LogP contribution in [0.25, 0.3) is 0 Å². The predicted molar refractivity (Wildman–Crippen MR) is 36.4 cm³/mol. The lowest BCUT2D eigenvalue weighted by molar-refractivity contribution is -0.119. The van der Waals surface area contributed by atoms with Crippen molar-refractivity contribution in [3.05, 3.63) is 12.2 Å². The molecule has 1 aliphatic heterocycles. The Balaban J connectivity index is 2.95. The van der Waals surface area contributed by atoms with Crippen molar-refractivity contribution in [1.82, 2.24) is 0 Å². The van der Waals surface area contributed by atoms with Crippen LogP contribution in [0.2, 0.25) is 0 Å². The Morgan fingerprint density at radius 3 is 2.33 bits per heavy atom. The molecule has 0 aliphatic carbocycles. The fourth-order valence-corrected chi connectivity index (χ4v) is 0.796. The molecule has 9 heavy (non-hydrogen) atoms. The van der Waals surface area contributed by atoms with Gasteiger partial charge in [0, 0.05) is 5.71 Å². The van der Waals surface area contributed by atoms with E-state index in [1.54, 1.807) is 0 Å². The second kappa shape index (κ2) is 1.79. The molecule has 1 atom stereocenters. The van der Waals surface area contributed by atoms with Crippen LogP contribution in [0.5, 0.6) is 0 Å². The van der Waals surface area contributed by atoms with E-state index in [2.05, 4.69) is 11.6 Å². The topological polar surface area (TPSA) is 29.4 Å². The first-order valence-electron chi connectivity index (χ1n) is 2.91. The van der Waals surface area contributed by atoms with Crippen molar-refractivity contribution in [2.24, 2.45) is 10.9 Å². The highest BCUT2D eigenvalue weighted by Crippen LogP contribution is 2.18. The lowest BCUT2D eigenvalue weighted by Crippen LogP contribution is -2.03. The summed E-state index contributed by atoms with van der Waals surface area (Å²) in [5, 5.41) is 0. The highest BCUT2D eigenvalue weighted by molar-refractivity contribution is 6.13. The first-order valence-corrected chi connectivity index (χ1v) is 2.91. The van der Waals surface area contributed by atoms with Gasteiger partial charge in [-0.25, -0.2) is 4.99 Å². The van der Waals surface area contributed by atoms with E-state index in [1.807, 2.05) is 13.8 Å². The number of hydrogen-bond acceptors (Lipinski definition) is 1. The number of aliphatic imine (C=N–C) groups is 1. The molecule has 0 radical (unpaired) electrons. The first-order chi connectivity index (χ1) is 4.13. The van der Waals surface area contributed by atoms with Crippen LogP contribution in [0.1, 0.15) is 13.8 Å². The van der Waals surface area contributed by atoms with Gasteiger partial charge < -0.3 is 0 Å². The van der Waals surface area contributed by atoms with Crippen LogP contribution in [0.15, 0.2) is 17.1 Å². The van der Waals surface area contributed by atoms with E-state index in [0.29, 0.717) is 0 Å². The Hall–Kier alpha value is -0.920. The lowest BCUT2D eigenvalue weighted by atomic mass is 10.0. The van der Waals surface area contributed by atoms with Crippen molar-refractivity contribution in [3.8, 4) is 0 Å². The Labute approximate surface area is 54.3 Å². The van der Waals surface area contributed by atoms with E-state index < -0.39 is 0 Å². The summed E-state index contributed by atoms with van der Waals surface area (Å²) in [6, 6.07) is 0. The largest absolute Gasteiger partial charge is 0.272 e. The number of carbonyl (C=O) groups is 1. The van der Waals surface area contributed by atoms with Crippen molar-refractivity contribution in [3.63, 3.8) is 0 Å². The first kappa shape index (κ1) is 6.20. The molecule has 48 valence electrons. The quantitative estimate of drug-likeness (QED) is 0.475. The zero-order valence-electron chi connectivity index (χ0n) is 5.64. The predicted octanol–water partition coefficient (Wildman–Crippen LogP) is 1.18. The monoisotopic (exact) mass is 123 g/mol. The van der Waals surface area contributed by atoms with E-state index >= 15 is 0 Å². The van der Waals surface area contributed by atoms with Crippen LogP contribution in [-0.2, 0) is 4.79 Å². The highest BCUT2D eigenvalue weighted by Gasteiger charge is 2.23. The molecule has 0 aromatic carbocycles. The lowest BCUT2D eigenvalue weighted by Gasteiger charge is -1.97. The summed E-state index contributed by atoms with van der Waals surface area (Å²) in [5.74, 6) is -0.137. The van der Waals surface area contributed by atoms with Gasteiger partial charge in [-0.05, 0) is 19.4 Å². The number of rotatable bonds is 0. The minimum atomic E-state index is -0.0787. The van der Waals surface area contributed by atoms with Gasteiger partial charge >= 0.3 is 0 Å². The molecule has 0 spiro atoms. The maximum Gasteiger partial charge on any atom is 0.253 e. The smallest absolute Gasteiger partial charge is 0.253 e. The molecule has 0 saturated carbocycles. The molecule has 1 aliphatic rings. The van der Waals surface area contributed by atoms with Gasteiger partial charge in [-0.15, -0.1) is 0 Å². The third kappa shape index (κ3) is 0.803. The minimum absolute atomic E-state index is 0.0579. The number of hydrogen-bond donors (Lipinski definition) is 0.